The quantitative estimate of drug-likeness (QED) is 0.761. The van der Waals surface area contributed by atoms with Crippen LogP contribution in [-0.4, -0.2) is 15.7 Å². The number of fused-ring (bicyclic) bond motifs is 1. The van der Waals surface area contributed by atoms with Gasteiger partial charge < -0.3 is 5.73 Å². The second-order valence-corrected chi connectivity index (χ2v) is 4.07. The number of benzene rings is 1. The summed E-state index contributed by atoms with van der Waals surface area (Å²) in [4.78, 5) is 15.7. The van der Waals surface area contributed by atoms with Gasteiger partial charge in [0.1, 0.15) is 0 Å². The molecule has 94 valence electrons. The smallest absolute Gasteiger partial charge is 0.338 e. The average Bonchev–Trinajstić information content (AvgIpc) is 2.84. The lowest BCUT2D eigenvalue weighted by molar-refractivity contribution is 0.252. The van der Waals surface area contributed by atoms with E-state index in [-0.39, 0.29) is 0 Å². The summed E-state index contributed by atoms with van der Waals surface area (Å²) in [7, 11) is 0. The van der Waals surface area contributed by atoms with E-state index in [4.69, 9.17) is 5.73 Å². The second kappa shape index (κ2) is 4.45. The van der Waals surface area contributed by atoms with Crippen LogP contribution in [0.4, 0.5) is 10.5 Å². The third-order valence-electron chi connectivity index (χ3n) is 2.91. The van der Waals surface area contributed by atoms with Crippen LogP contribution in [0.15, 0.2) is 61.1 Å². The maximum absolute atomic E-state index is 11.7. The summed E-state index contributed by atoms with van der Waals surface area (Å²) in [5, 5.41) is 2.45. The number of hydrogen-bond donors (Lipinski definition) is 1. The van der Waals surface area contributed by atoms with Crippen LogP contribution >= 0.6 is 0 Å². The molecule has 0 fully saturated rings. The fourth-order valence-electron chi connectivity index (χ4n) is 2.09. The van der Waals surface area contributed by atoms with Crippen LogP contribution in [0.5, 0.6) is 0 Å². The molecule has 5 nitrogen and oxygen atoms in total. The van der Waals surface area contributed by atoms with Gasteiger partial charge in [-0.25, -0.2) is 4.79 Å². The average molecular weight is 252 g/mol. The van der Waals surface area contributed by atoms with Crippen molar-refractivity contribution in [1.29, 1.82) is 0 Å². The zero-order valence-electron chi connectivity index (χ0n) is 10.1. The number of amides is 2. The number of para-hydroxylation sites is 1. The topological polar surface area (TPSA) is 64.2 Å². The van der Waals surface area contributed by atoms with Crippen molar-refractivity contribution in [1.82, 2.24) is 9.66 Å². The van der Waals surface area contributed by atoms with Crippen LogP contribution in [0.2, 0.25) is 0 Å². The Bertz CT molecular complexity index is 720. The molecule has 2 heterocycles. The third-order valence-corrected chi connectivity index (χ3v) is 2.91. The van der Waals surface area contributed by atoms with Crippen molar-refractivity contribution in [3.63, 3.8) is 0 Å². The van der Waals surface area contributed by atoms with Gasteiger partial charge in [-0.3, -0.25) is 9.66 Å². The number of nitrogens with two attached hydrogens (primary N) is 1. The Morgan fingerprint density at radius 2 is 1.84 bits per heavy atom. The van der Waals surface area contributed by atoms with Crippen molar-refractivity contribution in [2.45, 2.75) is 0 Å². The van der Waals surface area contributed by atoms with Gasteiger partial charge in [0.15, 0.2) is 0 Å². The van der Waals surface area contributed by atoms with Crippen LogP contribution in [-0.2, 0) is 0 Å². The summed E-state index contributed by atoms with van der Waals surface area (Å²) in [5.74, 6) is 0. The van der Waals surface area contributed by atoms with Crippen LogP contribution in [0.1, 0.15) is 0 Å². The summed E-state index contributed by atoms with van der Waals surface area (Å²) in [6.45, 7) is 0. The molecule has 0 saturated heterocycles. The molecule has 0 bridgehead atoms. The fraction of sp³-hybridized carbons (Fsp3) is 0. The molecule has 0 atom stereocenters. The Morgan fingerprint density at radius 3 is 2.58 bits per heavy atom. The van der Waals surface area contributed by atoms with Crippen LogP contribution < -0.4 is 10.7 Å². The van der Waals surface area contributed by atoms with E-state index in [0.717, 1.165) is 10.9 Å². The van der Waals surface area contributed by atoms with Gasteiger partial charge in [0.05, 0.1) is 11.2 Å². The van der Waals surface area contributed by atoms with Crippen molar-refractivity contribution < 1.29 is 4.79 Å². The maximum atomic E-state index is 11.7. The van der Waals surface area contributed by atoms with Crippen molar-refractivity contribution >= 4 is 22.6 Å². The minimum atomic E-state index is -0.549. The molecule has 19 heavy (non-hydrogen) atoms. The van der Waals surface area contributed by atoms with Crippen LogP contribution in [0, 0.1) is 0 Å². The minimum Gasteiger partial charge on any atom is -0.350 e. The van der Waals surface area contributed by atoms with Crippen molar-refractivity contribution in [2.24, 2.45) is 5.73 Å². The first-order valence-electron chi connectivity index (χ1n) is 5.83. The Balaban J connectivity index is 2.18. The highest BCUT2D eigenvalue weighted by atomic mass is 16.2. The van der Waals surface area contributed by atoms with Crippen molar-refractivity contribution in [3.8, 4) is 0 Å². The monoisotopic (exact) mass is 252 g/mol. The summed E-state index contributed by atoms with van der Waals surface area (Å²) < 4.78 is 1.73. The number of primary amides is 1. The molecule has 3 rings (SSSR count). The van der Waals surface area contributed by atoms with E-state index in [9.17, 15) is 4.79 Å². The molecule has 2 N–H and O–H groups in total. The van der Waals surface area contributed by atoms with Gasteiger partial charge in [-0.05, 0) is 24.3 Å². The van der Waals surface area contributed by atoms with E-state index in [0.29, 0.717) is 5.69 Å². The maximum Gasteiger partial charge on any atom is 0.338 e. The number of carbonyl (C=O) groups excluding carboxylic acids is 1. The number of pyridine rings is 1. The summed E-state index contributed by atoms with van der Waals surface area (Å²) >= 11 is 0. The van der Waals surface area contributed by atoms with Gasteiger partial charge in [0, 0.05) is 24.0 Å². The van der Waals surface area contributed by atoms with E-state index in [1.807, 2.05) is 36.5 Å². The number of carbonyl (C=O) groups is 1. The molecule has 0 saturated carbocycles. The molecule has 0 aliphatic carbocycles. The van der Waals surface area contributed by atoms with Crippen LogP contribution in [0.25, 0.3) is 10.9 Å². The third kappa shape index (κ3) is 1.91. The first-order valence-corrected chi connectivity index (χ1v) is 5.83. The number of anilines is 1. The van der Waals surface area contributed by atoms with Gasteiger partial charge in [-0.1, -0.05) is 18.2 Å². The summed E-state index contributed by atoms with van der Waals surface area (Å²) in [6.07, 6.45) is 5.06. The molecule has 0 unspecified atom stereocenters. The highest BCUT2D eigenvalue weighted by Crippen LogP contribution is 2.20. The Hall–Kier alpha value is -2.82. The predicted molar refractivity (Wildman–Crippen MR) is 73.6 cm³/mol. The molecule has 0 aliphatic heterocycles. The van der Waals surface area contributed by atoms with E-state index < -0.39 is 6.03 Å². The number of rotatable bonds is 2. The molecular weight excluding hydrogens is 240 g/mol. The SMILES string of the molecule is NC(=O)N(c1ccncc1)n1ccc2ccccc21. The lowest BCUT2D eigenvalue weighted by Gasteiger charge is -2.22. The molecule has 5 heteroatoms. The van der Waals surface area contributed by atoms with Gasteiger partial charge >= 0.3 is 6.03 Å². The summed E-state index contributed by atoms with van der Waals surface area (Å²) in [5.41, 5.74) is 7.08. The van der Waals surface area contributed by atoms with Gasteiger partial charge in [0.2, 0.25) is 0 Å². The number of hydrogen-bond acceptors (Lipinski definition) is 2. The predicted octanol–water partition coefficient (Wildman–Crippen LogP) is 2.38. The number of nitrogens with zero attached hydrogens (tertiary/aromatic N) is 3. The molecular formula is C14H12N4O. The molecule has 2 amide bonds. The van der Waals surface area contributed by atoms with Gasteiger partial charge in [-0.15, -0.1) is 0 Å². The highest BCUT2D eigenvalue weighted by molar-refractivity contribution is 5.93. The Labute approximate surface area is 109 Å². The first kappa shape index (κ1) is 11.3. The second-order valence-electron chi connectivity index (χ2n) is 4.07. The van der Waals surface area contributed by atoms with E-state index in [1.54, 1.807) is 29.2 Å². The number of aromatic nitrogens is 2. The normalized spacial score (nSPS) is 10.5. The molecule has 2 aromatic heterocycles. The zero-order valence-corrected chi connectivity index (χ0v) is 10.1. The van der Waals surface area contributed by atoms with E-state index in [1.165, 1.54) is 5.01 Å². The van der Waals surface area contributed by atoms with Gasteiger partial charge in [-0.2, -0.15) is 5.01 Å². The lowest BCUT2D eigenvalue weighted by atomic mass is 10.2. The van der Waals surface area contributed by atoms with Crippen molar-refractivity contribution in [3.05, 3.63) is 61.1 Å². The van der Waals surface area contributed by atoms with Crippen LogP contribution in [0.3, 0.4) is 0 Å². The number of urea groups is 1. The standard InChI is InChI=1S/C14H12N4O/c15-14(19)18(12-5-8-16-9-6-12)17-10-7-11-3-1-2-4-13(11)17/h1-10H,(H2,15,19). The molecule has 0 radical (unpaired) electrons. The highest BCUT2D eigenvalue weighted by Gasteiger charge is 2.15. The molecule has 0 spiro atoms. The zero-order chi connectivity index (χ0) is 13.2. The summed E-state index contributed by atoms with van der Waals surface area (Å²) in [6, 6.07) is 12.7. The first-order chi connectivity index (χ1) is 9.27. The minimum absolute atomic E-state index is 0.549. The molecule has 0 aliphatic rings. The van der Waals surface area contributed by atoms with Crippen molar-refractivity contribution in [2.75, 3.05) is 5.01 Å². The molecule has 3 aromatic rings. The Kier molecular flexibility index (Phi) is 2.64. The largest absolute Gasteiger partial charge is 0.350 e. The fourth-order valence-corrected chi connectivity index (χ4v) is 2.09. The Morgan fingerprint density at radius 1 is 1.11 bits per heavy atom. The molecule has 1 aromatic carbocycles. The van der Waals surface area contributed by atoms with E-state index >= 15 is 0 Å². The van der Waals surface area contributed by atoms with Gasteiger partial charge in [0.25, 0.3) is 0 Å². The van der Waals surface area contributed by atoms with E-state index in [2.05, 4.69) is 4.98 Å². The lowest BCUT2D eigenvalue weighted by Crippen LogP contribution is -2.39.